The van der Waals surface area contributed by atoms with Crippen molar-refractivity contribution in [3.05, 3.63) is 100 Å². The lowest BCUT2D eigenvalue weighted by Gasteiger charge is -2.41. The van der Waals surface area contributed by atoms with Crippen LogP contribution in [0.4, 0.5) is 11.4 Å². The van der Waals surface area contributed by atoms with E-state index >= 15 is 0 Å². The Morgan fingerprint density at radius 3 is 2.37 bits per heavy atom. The number of fused-ring (bicyclic) bond motifs is 1. The summed E-state index contributed by atoms with van der Waals surface area (Å²) in [6.45, 7) is 2.69. The number of amidine groups is 1. The van der Waals surface area contributed by atoms with E-state index in [9.17, 15) is 9.59 Å². The van der Waals surface area contributed by atoms with Crippen molar-refractivity contribution in [3.8, 4) is 5.75 Å². The minimum atomic E-state index is -0.300. The first-order chi connectivity index (χ1) is 18.4. The monoisotopic (exact) mass is 546 g/mol. The van der Waals surface area contributed by atoms with E-state index < -0.39 is 0 Å². The van der Waals surface area contributed by atoms with Crippen molar-refractivity contribution < 1.29 is 14.3 Å². The second-order valence-electron chi connectivity index (χ2n) is 8.96. The molecule has 0 bridgehead atoms. The molecule has 2 amide bonds. The fourth-order valence-corrected chi connectivity index (χ4v) is 5.77. The summed E-state index contributed by atoms with van der Waals surface area (Å²) in [7, 11) is 1.61. The molecular formula is C29H27ClN4O3S. The van der Waals surface area contributed by atoms with Crippen LogP contribution in [0.5, 0.6) is 5.75 Å². The summed E-state index contributed by atoms with van der Waals surface area (Å²) in [5.74, 6) is 1.28. The second kappa shape index (κ2) is 11.3. The van der Waals surface area contributed by atoms with Crippen LogP contribution in [0.1, 0.15) is 35.3 Å². The molecule has 1 saturated heterocycles. The number of ether oxygens (including phenoxy) is 1. The maximum absolute atomic E-state index is 13.6. The number of hydrogen-bond donors (Lipinski definition) is 2. The highest BCUT2D eigenvalue weighted by Gasteiger charge is 2.37. The van der Waals surface area contributed by atoms with Gasteiger partial charge in [-0.05, 0) is 73.5 Å². The normalized spacial score (nSPS) is 16.9. The molecule has 0 saturated carbocycles. The van der Waals surface area contributed by atoms with Gasteiger partial charge in [-0.25, -0.2) is 4.99 Å². The Hall–Kier alpha value is -3.75. The van der Waals surface area contributed by atoms with Crippen LogP contribution in [0.15, 0.2) is 89.1 Å². The molecule has 1 atom stereocenters. The molecule has 1 fully saturated rings. The predicted molar refractivity (Wildman–Crippen MR) is 154 cm³/mol. The number of nitrogens with zero attached hydrogens (tertiary/aromatic N) is 2. The first-order valence-corrected chi connectivity index (χ1v) is 13.6. The summed E-state index contributed by atoms with van der Waals surface area (Å²) >= 11 is 7.74. The maximum Gasteiger partial charge on any atom is 0.255 e. The van der Waals surface area contributed by atoms with E-state index in [0.717, 1.165) is 35.2 Å². The zero-order valence-corrected chi connectivity index (χ0v) is 22.6. The van der Waals surface area contributed by atoms with Gasteiger partial charge >= 0.3 is 0 Å². The van der Waals surface area contributed by atoms with Gasteiger partial charge in [-0.1, -0.05) is 41.6 Å². The van der Waals surface area contributed by atoms with Crippen LogP contribution in [0.25, 0.3) is 0 Å². The SMILES string of the molecule is COc1ccc(NC(=O)C2=C(C)N=C3SCCCN3C2c2ccc(NC(=O)c3cccc(Cl)c3)cc2)cc1. The molecule has 7 nitrogen and oxygen atoms in total. The summed E-state index contributed by atoms with van der Waals surface area (Å²) in [5.41, 5.74) is 4.05. The van der Waals surface area contributed by atoms with Crippen LogP contribution in [-0.2, 0) is 4.79 Å². The number of anilines is 2. The Kier molecular flexibility index (Phi) is 7.72. The lowest BCUT2D eigenvalue weighted by Crippen LogP contribution is -2.43. The number of hydrogen-bond acceptors (Lipinski definition) is 6. The summed E-state index contributed by atoms with van der Waals surface area (Å²) in [6.07, 6.45) is 1.00. The number of amides is 2. The molecule has 194 valence electrons. The first kappa shape index (κ1) is 25.9. The molecule has 3 aromatic rings. The average Bonchev–Trinajstić information content (AvgIpc) is 2.93. The highest BCUT2D eigenvalue weighted by molar-refractivity contribution is 8.13. The highest BCUT2D eigenvalue weighted by atomic mass is 35.5. The lowest BCUT2D eigenvalue weighted by molar-refractivity contribution is -0.113. The van der Waals surface area contributed by atoms with E-state index in [1.54, 1.807) is 43.1 Å². The molecule has 38 heavy (non-hydrogen) atoms. The van der Waals surface area contributed by atoms with Crippen molar-refractivity contribution in [1.29, 1.82) is 0 Å². The largest absolute Gasteiger partial charge is 0.497 e. The third-order valence-electron chi connectivity index (χ3n) is 6.42. The number of allylic oxidation sites excluding steroid dienone is 1. The van der Waals surface area contributed by atoms with Gasteiger partial charge in [0.1, 0.15) is 5.75 Å². The number of rotatable bonds is 6. The Labute approximate surface area is 230 Å². The Morgan fingerprint density at radius 2 is 1.68 bits per heavy atom. The van der Waals surface area contributed by atoms with E-state index in [1.807, 2.05) is 55.5 Å². The number of aliphatic imine (C=N–C) groups is 1. The molecule has 2 N–H and O–H groups in total. The standard InChI is InChI=1S/C29H27ClN4O3S/c1-18-25(28(36)33-23-11-13-24(37-2)14-12-23)26(34-15-4-16-38-29(34)31-18)19-7-9-22(10-8-19)32-27(35)20-5-3-6-21(30)17-20/h3,5-14,17,26H,4,15-16H2,1-2H3,(H,32,35)(H,33,36). The zero-order valence-electron chi connectivity index (χ0n) is 21.0. The minimum absolute atomic E-state index is 0.200. The molecular weight excluding hydrogens is 520 g/mol. The van der Waals surface area contributed by atoms with Gasteiger partial charge in [0.25, 0.3) is 11.8 Å². The van der Waals surface area contributed by atoms with E-state index in [1.165, 1.54) is 0 Å². The minimum Gasteiger partial charge on any atom is -0.497 e. The third kappa shape index (κ3) is 5.56. The van der Waals surface area contributed by atoms with Crippen molar-refractivity contribution in [2.45, 2.75) is 19.4 Å². The molecule has 3 aromatic carbocycles. The molecule has 2 heterocycles. The summed E-state index contributed by atoms with van der Waals surface area (Å²) in [5, 5.41) is 7.38. The average molecular weight is 547 g/mol. The fourth-order valence-electron chi connectivity index (χ4n) is 4.56. The quantitative estimate of drug-likeness (QED) is 0.376. The highest BCUT2D eigenvalue weighted by Crippen LogP contribution is 2.40. The van der Waals surface area contributed by atoms with Gasteiger partial charge < -0.3 is 20.3 Å². The number of carbonyl (C=O) groups excluding carboxylic acids is 2. The van der Waals surface area contributed by atoms with Crippen LogP contribution >= 0.6 is 23.4 Å². The van der Waals surface area contributed by atoms with Gasteiger partial charge in [0.15, 0.2) is 5.17 Å². The van der Waals surface area contributed by atoms with Crippen molar-refractivity contribution in [2.75, 3.05) is 30.0 Å². The number of benzene rings is 3. The van der Waals surface area contributed by atoms with Gasteiger partial charge in [0.2, 0.25) is 0 Å². The molecule has 0 aromatic heterocycles. The van der Waals surface area contributed by atoms with Gasteiger partial charge in [-0.2, -0.15) is 0 Å². The Morgan fingerprint density at radius 1 is 1.00 bits per heavy atom. The zero-order chi connectivity index (χ0) is 26.6. The van der Waals surface area contributed by atoms with Gasteiger partial charge in [0.05, 0.1) is 24.4 Å². The van der Waals surface area contributed by atoms with Crippen LogP contribution in [0.2, 0.25) is 5.02 Å². The van der Waals surface area contributed by atoms with Gasteiger partial charge in [-0.3, -0.25) is 9.59 Å². The Bertz CT molecular complexity index is 1420. The van der Waals surface area contributed by atoms with E-state index in [2.05, 4.69) is 15.5 Å². The topological polar surface area (TPSA) is 83.0 Å². The first-order valence-electron chi connectivity index (χ1n) is 12.2. The molecule has 1 unspecified atom stereocenters. The maximum atomic E-state index is 13.6. The number of carbonyl (C=O) groups is 2. The van der Waals surface area contributed by atoms with E-state index in [0.29, 0.717) is 33.2 Å². The molecule has 2 aliphatic heterocycles. The molecule has 9 heteroatoms. The van der Waals surface area contributed by atoms with Crippen LogP contribution in [-0.4, -0.2) is 41.3 Å². The van der Waals surface area contributed by atoms with Crippen LogP contribution in [0, 0.1) is 0 Å². The summed E-state index contributed by atoms with van der Waals surface area (Å²) in [6, 6.07) is 21.4. The molecule has 2 aliphatic rings. The number of nitrogens with one attached hydrogen (secondary N) is 2. The van der Waals surface area contributed by atoms with E-state index in [-0.39, 0.29) is 17.9 Å². The van der Waals surface area contributed by atoms with Gasteiger partial charge in [-0.15, -0.1) is 0 Å². The Balaban J connectivity index is 1.42. The van der Waals surface area contributed by atoms with Crippen LogP contribution < -0.4 is 15.4 Å². The number of thioether (sulfide) groups is 1. The van der Waals surface area contributed by atoms with Crippen LogP contribution in [0.3, 0.4) is 0 Å². The van der Waals surface area contributed by atoms with Crippen molar-refractivity contribution in [2.24, 2.45) is 4.99 Å². The van der Waals surface area contributed by atoms with Crippen molar-refractivity contribution >= 4 is 51.7 Å². The van der Waals surface area contributed by atoms with Gasteiger partial charge in [0, 0.05) is 34.3 Å². The molecule has 5 rings (SSSR count). The van der Waals surface area contributed by atoms with Crippen molar-refractivity contribution in [1.82, 2.24) is 4.90 Å². The number of halogens is 1. The smallest absolute Gasteiger partial charge is 0.255 e. The summed E-state index contributed by atoms with van der Waals surface area (Å²) < 4.78 is 5.22. The third-order valence-corrected chi connectivity index (χ3v) is 7.73. The summed E-state index contributed by atoms with van der Waals surface area (Å²) in [4.78, 5) is 33.3. The molecule has 0 aliphatic carbocycles. The lowest BCUT2D eigenvalue weighted by atomic mass is 9.93. The fraction of sp³-hybridized carbons (Fsp3) is 0.207. The molecule has 0 spiro atoms. The molecule has 0 radical (unpaired) electrons. The second-order valence-corrected chi connectivity index (χ2v) is 10.5. The number of methoxy groups -OCH3 is 1. The predicted octanol–water partition coefficient (Wildman–Crippen LogP) is 6.36. The van der Waals surface area contributed by atoms with E-state index in [4.69, 9.17) is 21.3 Å². The van der Waals surface area contributed by atoms with Crippen molar-refractivity contribution in [3.63, 3.8) is 0 Å².